The Morgan fingerprint density at radius 1 is 1.17 bits per heavy atom. The van der Waals surface area contributed by atoms with E-state index in [2.05, 4.69) is 10.6 Å². The van der Waals surface area contributed by atoms with Crippen LogP contribution in [-0.4, -0.2) is 42.4 Å². The number of ether oxygens (including phenoxy) is 2. The zero-order valence-electron chi connectivity index (χ0n) is 14.1. The van der Waals surface area contributed by atoms with E-state index >= 15 is 0 Å². The van der Waals surface area contributed by atoms with Crippen molar-refractivity contribution in [1.29, 1.82) is 0 Å². The number of benzene rings is 1. The van der Waals surface area contributed by atoms with Crippen LogP contribution >= 0.6 is 0 Å². The molecule has 0 fully saturated rings. The second-order valence-electron chi connectivity index (χ2n) is 6.02. The Balaban J connectivity index is 2.81. The number of hydrogen-bond donors (Lipinski definition) is 3. The summed E-state index contributed by atoms with van der Waals surface area (Å²) in [6, 6.07) is 4.81. The summed E-state index contributed by atoms with van der Waals surface area (Å²) in [5, 5.41) is 14.2. The van der Waals surface area contributed by atoms with E-state index in [0.29, 0.717) is 11.3 Å². The van der Waals surface area contributed by atoms with E-state index < -0.39 is 23.7 Å². The maximum absolute atomic E-state index is 11.8. The zero-order valence-corrected chi connectivity index (χ0v) is 14.1. The molecule has 0 aliphatic carbocycles. The number of carboxylic acids is 1. The van der Waals surface area contributed by atoms with Gasteiger partial charge in [0.05, 0.1) is 0 Å². The first-order valence-electron chi connectivity index (χ1n) is 7.23. The van der Waals surface area contributed by atoms with E-state index in [9.17, 15) is 19.5 Å². The van der Waals surface area contributed by atoms with Crippen LogP contribution in [0.5, 0.6) is 0 Å². The number of carboxylic acid groups (broad SMARTS) is 1. The Bertz CT molecular complexity index is 592. The minimum Gasteiger partial charge on any atom is -0.479 e. The second-order valence-corrected chi connectivity index (χ2v) is 6.02. The van der Waals surface area contributed by atoms with E-state index in [0.717, 1.165) is 0 Å². The average molecular weight is 338 g/mol. The Hall–Kier alpha value is -2.61. The Morgan fingerprint density at radius 3 is 2.21 bits per heavy atom. The van der Waals surface area contributed by atoms with E-state index in [-0.39, 0.29) is 12.5 Å². The Kier molecular flexibility index (Phi) is 6.72. The van der Waals surface area contributed by atoms with Gasteiger partial charge in [-0.05, 0) is 38.5 Å². The van der Waals surface area contributed by atoms with Crippen LogP contribution in [0.1, 0.15) is 32.4 Å². The molecule has 0 spiro atoms. The van der Waals surface area contributed by atoms with Gasteiger partial charge in [-0.2, -0.15) is 0 Å². The molecule has 1 aromatic rings. The van der Waals surface area contributed by atoms with E-state index in [1.807, 2.05) is 0 Å². The maximum Gasteiger partial charge on any atom is 0.408 e. The van der Waals surface area contributed by atoms with Crippen molar-refractivity contribution in [2.45, 2.75) is 32.4 Å². The van der Waals surface area contributed by atoms with E-state index in [1.54, 1.807) is 20.8 Å². The number of hydrogen-bond acceptors (Lipinski definition) is 5. The molecular formula is C16H22N2O6. The molecule has 132 valence electrons. The zero-order chi connectivity index (χ0) is 18.3. The van der Waals surface area contributed by atoms with Crippen molar-refractivity contribution in [1.82, 2.24) is 5.32 Å². The van der Waals surface area contributed by atoms with Crippen molar-refractivity contribution >= 4 is 23.7 Å². The molecule has 0 radical (unpaired) electrons. The predicted octanol–water partition coefficient (Wildman–Crippen LogP) is 1.92. The maximum atomic E-state index is 11.8. The van der Waals surface area contributed by atoms with Crippen molar-refractivity contribution in [2.24, 2.45) is 0 Å². The fraction of sp³-hybridized carbons (Fsp3) is 0.438. The molecule has 8 nitrogen and oxygen atoms in total. The molecule has 0 aliphatic rings. The molecule has 1 aromatic carbocycles. The minimum absolute atomic E-state index is 0.0836. The van der Waals surface area contributed by atoms with Crippen molar-refractivity contribution in [3.63, 3.8) is 0 Å². The van der Waals surface area contributed by atoms with Crippen LogP contribution in [0, 0.1) is 0 Å². The van der Waals surface area contributed by atoms with Crippen molar-refractivity contribution in [2.75, 3.05) is 19.0 Å². The van der Waals surface area contributed by atoms with Gasteiger partial charge < -0.3 is 25.2 Å². The molecule has 24 heavy (non-hydrogen) atoms. The summed E-state index contributed by atoms with van der Waals surface area (Å²) < 4.78 is 9.76. The fourth-order valence-corrected chi connectivity index (χ4v) is 1.80. The lowest BCUT2D eigenvalue weighted by Crippen LogP contribution is -2.38. The molecule has 0 aromatic heterocycles. The highest BCUT2D eigenvalue weighted by molar-refractivity contribution is 5.91. The van der Waals surface area contributed by atoms with Crippen molar-refractivity contribution in [3.05, 3.63) is 29.8 Å². The molecule has 0 heterocycles. The highest BCUT2D eigenvalue weighted by Crippen LogP contribution is 2.18. The molecule has 3 N–H and O–H groups in total. The number of aliphatic carboxylic acids is 1. The van der Waals surface area contributed by atoms with Crippen LogP contribution in [0.3, 0.4) is 0 Å². The lowest BCUT2D eigenvalue weighted by molar-refractivity contribution is -0.139. The van der Waals surface area contributed by atoms with Crippen molar-refractivity contribution < 1.29 is 29.0 Å². The van der Waals surface area contributed by atoms with Crippen LogP contribution in [-0.2, 0) is 19.1 Å². The molecule has 0 saturated heterocycles. The van der Waals surface area contributed by atoms with Crippen LogP contribution in [0.4, 0.5) is 10.5 Å². The number of rotatable bonds is 6. The van der Waals surface area contributed by atoms with Crippen LogP contribution < -0.4 is 10.6 Å². The molecule has 0 unspecified atom stereocenters. The second kappa shape index (κ2) is 8.30. The smallest absolute Gasteiger partial charge is 0.408 e. The largest absolute Gasteiger partial charge is 0.479 e. The summed E-state index contributed by atoms with van der Waals surface area (Å²) in [5.41, 5.74) is 0.100. The number of amides is 2. The van der Waals surface area contributed by atoms with E-state index in [1.165, 1.54) is 31.4 Å². The third-order valence-corrected chi connectivity index (χ3v) is 2.71. The first kappa shape index (κ1) is 19.4. The van der Waals surface area contributed by atoms with Gasteiger partial charge in [-0.15, -0.1) is 0 Å². The summed E-state index contributed by atoms with van der Waals surface area (Å²) in [6.07, 6.45) is -0.827. The fourth-order valence-electron chi connectivity index (χ4n) is 1.80. The number of alkyl carbamates (subject to hydrolysis) is 1. The molecular weight excluding hydrogens is 316 g/mol. The van der Waals surface area contributed by atoms with Gasteiger partial charge in [0.1, 0.15) is 12.2 Å². The summed E-state index contributed by atoms with van der Waals surface area (Å²) in [6.45, 7) is 4.96. The van der Waals surface area contributed by atoms with Gasteiger partial charge in [0.2, 0.25) is 5.91 Å². The van der Waals surface area contributed by atoms with Crippen LogP contribution in [0.15, 0.2) is 24.3 Å². The molecule has 2 amide bonds. The van der Waals surface area contributed by atoms with Gasteiger partial charge in [0.15, 0.2) is 6.04 Å². The third-order valence-electron chi connectivity index (χ3n) is 2.71. The highest BCUT2D eigenvalue weighted by atomic mass is 16.6. The number of carbonyl (C=O) groups is 3. The molecule has 0 saturated carbocycles. The average Bonchev–Trinajstić information content (AvgIpc) is 2.44. The number of anilines is 1. The predicted molar refractivity (Wildman–Crippen MR) is 86.7 cm³/mol. The van der Waals surface area contributed by atoms with Crippen LogP contribution in [0.25, 0.3) is 0 Å². The van der Waals surface area contributed by atoms with Crippen molar-refractivity contribution in [3.8, 4) is 0 Å². The van der Waals surface area contributed by atoms with Gasteiger partial charge in [-0.25, -0.2) is 9.59 Å². The highest BCUT2D eigenvalue weighted by Gasteiger charge is 2.25. The van der Waals surface area contributed by atoms with E-state index in [4.69, 9.17) is 9.47 Å². The quantitative estimate of drug-likeness (QED) is 0.730. The number of nitrogens with one attached hydrogen (secondary N) is 2. The third kappa shape index (κ3) is 6.66. The monoisotopic (exact) mass is 338 g/mol. The summed E-state index contributed by atoms with van der Waals surface area (Å²) in [4.78, 5) is 34.6. The summed E-state index contributed by atoms with van der Waals surface area (Å²) in [5.74, 6) is -1.55. The molecule has 8 heteroatoms. The summed E-state index contributed by atoms with van der Waals surface area (Å²) >= 11 is 0. The first-order chi connectivity index (χ1) is 11.1. The number of carbonyl (C=O) groups excluding carboxylic acids is 2. The normalized spacial score (nSPS) is 12.2. The Morgan fingerprint density at radius 2 is 1.75 bits per heavy atom. The van der Waals surface area contributed by atoms with Gasteiger partial charge >= 0.3 is 12.1 Å². The first-order valence-corrected chi connectivity index (χ1v) is 7.23. The van der Waals surface area contributed by atoms with Gasteiger partial charge in [-0.1, -0.05) is 12.1 Å². The molecule has 0 bridgehead atoms. The lowest BCUT2D eigenvalue weighted by Gasteiger charge is -2.22. The standard InChI is InChI=1S/C16H22N2O6/c1-16(2,3)24-15(22)18-13(14(20)21)10-5-7-11(8-6-10)17-12(19)9-23-4/h5-8,13H,9H2,1-4H3,(H,17,19)(H,18,22)(H,20,21)/t13-/m1/s1. The summed E-state index contributed by atoms with van der Waals surface area (Å²) in [7, 11) is 1.41. The minimum atomic E-state index is -1.26. The Labute approximate surface area is 140 Å². The van der Waals surface area contributed by atoms with Gasteiger partial charge in [-0.3, -0.25) is 4.79 Å². The molecule has 0 aliphatic heterocycles. The lowest BCUT2D eigenvalue weighted by atomic mass is 10.1. The molecule has 1 rings (SSSR count). The SMILES string of the molecule is COCC(=O)Nc1ccc([C@@H](NC(=O)OC(C)(C)C)C(=O)O)cc1. The van der Waals surface area contributed by atoms with Gasteiger partial charge in [0, 0.05) is 12.8 Å². The number of methoxy groups -OCH3 is 1. The van der Waals surface area contributed by atoms with Crippen LogP contribution in [0.2, 0.25) is 0 Å². The van der Waals surface area contributed by atoms with Gasteiger partial charge in [0.25, 0.3) is 0 Å². The molecule has 1 atom stereocenters. The topological polar surface area (TPSA) is 114 Å².